The largest absolute Gasteiger partial charge is 0.368 e. The van der Waals surface area contributed by atoms with Crippen molar-refractivity contribution in [2.45, 2.75) is 12.8 Å². The number of aryl methyl sites for hydroxylation is 1. The molecular weight excluding hydrogens is 178 g/mol. The fraction of sp³-hybridized carbons (Fsp3) is 0.444. The fourth-order valence-electron chi connectivity index (χ4n) is 0.968. The maximum Gasteiger partial charge on any atom is 0.229 e. The molecule has 0 saturated carbocycles. The van der Waals surface area contributed by atoms with Gasteiger partial charge in [-0.25, -0.2) is 0 Å². The molecule has 0 aliphatic carbocycles. The Morgan fingerprint density at radius 3 is 2.64 bits per heavy atom. The molecule has 2 N–H and O–H groups in total. The Hall–Kier alpha value is -1.65. The van der Waals surface area contributed by atoms with Crippen LogP contribution in [0.1, 0.15) is 12.2 Å². The van der Waals surface area contributed by atoms with E-state index in [-0.39, 0.29) is 5.95 Å². The number of hydrogen-bond donors (Lipinski definition) is 1. The average molecular weight is 193 g/mol. The standard InChI is InChI=1S/C9H15N5/c1-4-5-6-7-11-8(10)13-9(12-7)14(2)3/h4H,1,5-6H2,2-3H3,(H2,10,11,12,13). The molecule has 14 heavy (non-hydrogen) atoms. The van der Waals surface area contributed by atoms with E-state index in [1.807, 2.05) is 20.2 Å². The normalized spacial score (nSPS) is 9.86. The number of anilines is 2. The summed E-state index contributed by atoms with van der Waals surface area (Å²) in [7, 11) is 3.73. The van der Waals surface area contributed by atoms with Crippen molar-refractivity contribution < 1.29 is 0 Å². The lowest BCUT2D eigenvalue weighted by molar-refractivity contribution is 0.842. The summed E-state index contributed by atoms with van der Waals surface area (Å²) in [6, 6.07) is 0. The van der Waals surface area contributed by atoms with Crippen LogP contribution in [0.15, 0.2) is 12.7 Å². The second kappa shape index (κ2) is 4.55. The Morgan fingerprint density at radius 1 is 1.36 bits per heavy atom. The molecule has 1 aromatic rings. The highest BCUT2D eigenvalue weighted by Gasteiger charge is 2.04. The number of aromatic nitrogens is 3. The molecule has 0 aromatic carbocycles. The Morgan fingerprint density at radius 2 is 2.07 bits per heavy atom. The quantitative estimate of drug-likeness (QED) is 0.711. The first-order valence-corrected chi connectivity index (χ1v) is 4.42. The van der Waals surface area contributed by atoms with Crippen LogP contribution in [0, 0.1) is 0 Å². The maximum atomic E-state index is 5.55. The summed E-state index contributed by atoms with van der Waals surface area (Å²) in [4.78, 5) is 14.1. The highest BCUT2D eigenvalue weighted by Crippen LogP contribution is 2.06. The number of nitrogens with two attached hydrogens (primary N) is 1. The first-order chi connectivity index (χ1) is 6.63. The number of nitrogen functional groups attached to an aromatic ring is 1. The van der Waals surface area contributed by atoms with Gasteiger partial charge in [0.15, 0.2) is 0 Å². The van der Waals surface area contributed by atoms with E-state index in [9.17, 15) is 0 Å². The summed E-state index contributed by atoms with van der Waals surface area (Å²) in [5.74, 6) is 1.57. The molecule has 0 aliphatic heterocycles. The topological polar surface area (TPSA) is 67.9 Å². The van der Waals surface area contributed by atoms with Gasteiger partial charge in [-0.3, -0.25) is 0 Å². The molecule has 1 aromatic heterocycles. The van der Waals surface area contributed by atoms with Crippen LogP contribution < -0.4 is 10.6 Å². The Bertz CT molecular complexity index is 321. The third kappa shape index (κ3) is 2.69. The lowest BCUT2D eigenvalue weighted by atomic mass is 10.3. The van der Waals surface area contributed by atoms with Gasteiger partial charge >= 0.3 is 0 Å². The van der Waals surface area contributed by atoms with Crippen molar-refractivity contribution in [3.05, 3.63) is 18.5 Å². The van der Waals surface area contributed by atoms with Gasteiger partial charge in [-0.1, -0.05) is 6.08 Å². The highest BCUT2D eigenvalue weighted by molar-refractivity contribution is 5.32. The van der Waals surface area contributed by atoms with Crippen molar-refractivity contribution in [2.75, 3.05) is 24.7 Å². The minimum atomic E-state index is 0.266. The van der Waals surface area contributed by atoms with Gasteiger partial charge in [0.1, 0.15) is 5.82 Å². The van der Waals surface area contributed by atoms with E-state index < -0.39 is 0 Å². The van der Waals surface area contributed by atoms with Crippen LogP contribution in [0.4, 0.5) is 11.9 Å². The first kappa shape index (κ1) is 10.4. The number of hydrogen-bond acceptors (Lipinski definition) is 5. The van der Waals surface area contributed by atoms with Gasteiger partial charge in [0.25, 0.3) is 0 Å². The molecule has 76 valence electrons. The summed E-state index contributed by atoms with van der Waals surface area (Å²) >= 11 is 0. The van der Waals surface area contributed by atoms with Crippen LogP contribution in [0.25, 0.3) is 0 Å². The molecule has 5 nitrogen and oxygen atoms in total. The van der Waals surface area contributed by atoms with Gasteiger partial charge in [0.2, 0.25) is 11.9 Å². The zero-order chi connectivity index (χ0) is 10.6. The maximum absolute atomic E-state index is 5.55. The van der Waals surface area contributed by atoms with E-state index in [1.54, 1.807) is 4.90 Å². The van der Waals surface area contributed by atoms with Crippen LogP contribution in [0.2, 0.25) is 0 Å². The summed E-state index contributed by atoms with van der Waals surface area (Å²) in [5, 5.41) is 0. The van der Waals surface area contributed by atoms with Gasteiger partial charge in [-0.2, -0.15) is 15.0 Å². The fourth-order valence-corrected chi connectivity index (χ4v) is 0.968. The van der Waals surface area contributed by atoms with E-state index in [4.69, 9.17) is 5.73 Å². The molecule has 0 bridgehead atoms. The van der Waals surface area contributed by atoms with E-state index >= 15 is 0 Å². The van der Waals surface area contributed by atoms with Crippen LogP contribution in [-0.2, 0) is 6.42 Å². The smallest absolute Gasteiger partial charge is 0.229 e. The Labute approximate surface area is 83.7 Å². The first-order valence-electron chi connectivity index (χ1n) is 4.42. The summed E-state index contributed by atoms with van der Waals surface area (Å²) in [6.45, 7) is 3.64. The molecule has 0 radical (unpaired) electrons. The predicted octanol–water partition coefficient (Wildman–Crippen LogP) is 0.638. The minimum absolute atomic E-state index is 0.266. The number of rotatable bonds is 4. The summed E-state index contributed by atoms with van der Waals surface area (Å²) in [5.41, 5.74) is 5.55. The molecule has 0 unspecified atom stereocenters. The highest BCUT2D eigenvalue weighted by atomic mass is 15.3. The molecule has 5 heteroatoms. The van der Waals surface area contributed by atoms with Gasteiger partial charge < -0.3 is 10.6 Å². The number of nitrogens with zero attached hydrogens (tertiary/aromatic N) is 4. The number of allylic oxidation sites excluding steroid dienone is 1. The molecule has 0 saturated heterocycles. The third-order valence-electron chi connectivity index (χ3n) is 1.66. The Balaban J connectivity index is 2.89. The van der Waals surface area contributed by atoms with Gasteiger partial charge in [0, 0.05) is 20.5 Å². The predicted molar refractivity (Wildman–Crippen MR) is 57.1 cm³/mol. The van der Waals surface area contributed by atoms with Crippen LogP contribution in [0.3, 0.4) is 0 Å². The molecule has 0 atom stereocenters. The van der Waals surface area contributed by atoms with E-state index in [0.29, 0.717) is 11.8 Å². The zero-order valence-electron chi connectivity index (χ0n) is 8.56. The monoisotopic (exact) mass is 193 g/mol. The van der Waals surface area contributed by atoms with Crippen LogP contribution >= 0.6 is 0 Å². The van der Waals surface area contributed by atoms with Gasteiger partial charge in [-0.05, 0) is 6.42 Å². The van der Waals surface area contributed by atoms with Crippen molar-refractivity contribution >= 4 is 11.9 Å². The second-order valence-electron chi connectivity index (χ2n) is 3.13. The molecule has 0 spiro atoms. The van der Waals surface area contributed by atoms with E-state index in [0.717, 1.165) is 12.8 Å². The van der Waals surface area contributed by atoms with Crippen molar-refractivity contribution in [3.63, 3.8) is 0 Å². The second-order valence-corrected chi connectivity index (χ2v) is 3.13. The summed E-state index contributed by atoms with van der Waals surface area (Å²) < 4.78 is 0. The van der Waals surface area contributed by atoms with E-state index in [2.05, 4.69) is 21.5 Å². The van der Waals surface area contributed by atoms with Crippen molar-refractivity contribution in [1.82, 2.24) is 15.0 Å². The lowest BCUT2D eigenvalue weighted by Gasteiger charge is -2.10. The van der Waals surface area contributed by atoms with Crippen LogP contribution in [-0.4, -0.2) is 29.0 Å². The molecule has 0 amide bonds. The molecule has 0 fully saturated rings. The minimum Gasteiger partial charge on any atom is -0.368 e. The Kier molecular flexibility index (Phi) is 3.39. The summed E-state index contributed by atoms with van der Waals surface area (Å²) in [6.07, 6.45) is 3.42. The average Bonchev–Trinajstić information content (AvgIpc) is 2.14. The lowest BCUT2D eigenvalue weighted by Crippen LogP contribution is -2.16. The van der Waals surface area contributed by atoms with Crippen LogP contribution in [0.5, 0.6) is 0 Å². The molecular formula is C9H15N5. The van der Waals surface area contributed by atoms with Crippen molar-refractivity contribution in [1.29, 1.82) is 0 Å². The molecule has 0 aliphatic rings. The molecule has 1 heterocycles. The molecule has 1 rings (SSSR count). The van der Waals surface area contributed by atoms with Crippen molar-refractivity contribution in [2.24, 2.45) is 0 Å². The van der Waals surface area contributed by atoms with Crippen molar-refractivity contribution in [3.8, 4) is 0 Å². The zero-order valence-corrected chi connectivity index (χ0v) is 8.56. The third-order valence-corrected chi connectivity index (χ3v) is 1.66. The van der Waals surface area contributed by atoms with E-state index in [1.165, 1.54) is 0 Å². The van der Waals surface area contributed by atoms with Gasteiger partial charge in [-0.15, -0.1) is 6.58 Å². The SMILES string of the molecule is C=CCCc1nc(N)nc(N(C)C)n1. The van der Waals surface area contributed by atoms with Gasteiger partial charge in [0.05, 0.1) is 0 Å².